The molecule has 0 spiro atoms. The van der Waals surface area contributed by atoms with E-state index in [0.29, 0.717) is 12.1 Å². The van der Waals surface area contributed by atoms with Crippen molar-refractivity contribution in [3.05, 3.63) is 24.4 Å². The number of alkyl halides is 1. The predicted molar refractivity (Wildman–Crippen MR) is 65.5 cm³/mol. The lowest BCUT2D eigenvalue weighted by Crippen LogP contribution is -2.43. The summed E-state index contributed by atoms with van der Waals surface area (Å²) in [6.45, 7) is 0. The van der Waals surface area contributed by atoms with Gasteiger partial charge in [0.15, 0.2) is 0 Å². The molecule has 0 N–H and O–H groups in total. The maximum atomic E-state index is 4.48. The van der Waals surface area contributed by atoms with Crippen LogP contribution in [0.4, 0.5) is 5.82 Å². The number of anilines is 1. The van der Waals surface area contributed by atoms with Crippen LogP contribution in [0.5, 0.6) is 0 Å². The minimum atomic E-state index is 0.711. The fourth-order valence-corrected chi connectivity index (χ4v) is 3.85. The Morgan fingerprint density at radius 2 is 1.93 bits per heavy atom. The van der Waals surface area contributed by atoms with E-state index in [-0.39, 0.29) is 0 Å². The van der Waals surface area contributed by atoms with Crippen LogP contribution in [-0.2, 0) is 0 Å². The van der Waals surface area contributed by atoms with Crippen molar-refractivity contribution in [3.63, 3.8) is 0 Å². The van der Waals surface area contributed by atoms with E-state index in [9.17, 15) is 0 Å². The molecule has 2 aliphatic rings. The van der Waals surface area contributed by atoms with Crippen molar-refractivity contribution in [1.29, 1.82) is 0 Å². The summed E-state index contributed by atoms with van der Waals surface area (Å²) in [5.41, 5.74) is 0. The van der Waals surface area contributed by atoms with E-state index in [0.717, 1.165) is 4.83 Å². The van der Waals surface area contributed by atoms with Gasteiger partial charge in [0, 0.05) is 23.1 Å². The number of hydrogen-bond acceptors (Lipinski definition) is 2. The van der Waals surface area contributed by atoms with Gasteiger partial charge in [0.25, 0.3) is 0 Å². The van der Waals surface area contributed by atoms with Gasteiger partial charge in [0.1, 0.15) is 5.82 Å². The third-order valence-electron chi connectivity index (χ3n) is 3.59. The van der Waals surface area contributed by atoms with Gasteiger partial charge in [0.2, 0.25) is 0 Å². The topological polar surface area (TPSA) is 16.1 Å². The highest BCUT2D eigenvalue weighted by Crippen LogP contribution is 2.40. The first-order valence-corrected chi connectivity index (χ1v) is 6.59. The third kappa shape index (κ3) is 1.67. The Kier molecular flexibility index (Phi) is 2.43. The molecule has 0 aromatic carbocycles. The van der Waals surface area contributed by atoms with Crippen LogP contribution in [-0.4, -0.2) is 21.9 Å². The zero-order valence-corrected chi connectivity index (χ0v) is 10.2. The number of piperidine rings is 1. The zero-order chi connectivity index (χ0) is 10.3. The van der Waals surface area contributed by atoms with E-state index < -0.39 is 0 Å². The summed E-state index contributed by atoms with van der Waals surface area (Å²) in [5.74, 6) is 1.17. The maximum absolute atomic E-state index is 4.48. The fourth-order valence-electron chi connectivity index (χ4n) is 2.99. The standard InChI is InChI=1S/C12H15BrN2/c13-9-7-10-4-5-11(8-9)15(10)12-3-1-2-6-14-12/h1-3,6,9-11H,4-5,7-8H2. The van der Waals surface area contributed by atoms with Crippen molar-refractivity contribution in [1.82, 2.24) is 4.98 Å². The number of nitrogens with zero attached hydrogens (tertiary/aromatic N) is 2. The summed E-state index contributed by atoms with van der Waals surface area (Å²) in [6.07, 6.45) is 7.11. The monoisotopic (exact) mass is 266 g/mol. The summed E-state index contributed by atoms with van der Waals surface area (Å²) in [7, 11) is 0. The van der Waals surface area contributed by atoms with Gasteiger partial charge < -0.3 is 4.90 Å². The highest BCUT2D eigenvalue weighted by atomic mass is 79.9. The molecule has 2 saturated heterocycles. The summed E-state index contributed by atoms with van der Waals surface area (Å²) in [5, 5.41) is 0. The van der Waals surface area contributed by atoms with E-state index >= 15 is 0 Å². The first-order chi connectivity index (χ1) is 7.34. The Hall–Kier alpha value is -0.570. The number of aromatic nitrogens is 1. The van der Waals surface area contributed by atoms with Crippen LogP contribution < -0.4 is 4.90 Å². The van der Waals surface area contributed by atoms with E-state index in [4.69, 9.17) is 0 Å². The van der Waals surface area contributed by atoms with Gasteiger partial charge >= 0.3 is 0 Å². The summed E-state index contributed by atoms with van der Waals surface area (Å²) in [4.78, 5) is 7.74. The second kappa shape index (κ2) is 3.78. The average molecular weight is 267 g/mol. The number of rotatable bonds is 1. The molecule has 80 valence electrons. The van der Waals surface area contributed by atoms with Gasteiger partial charge in [0.05, 0.1) is 0 Å². The summed E-state index contributed by atoms with van der Waals surface area (Å²) >= 11 is 3.76. The Morgan fingerprint density at radius 3 is 2.53 bits per heavy atom. The lowest BCUT2D eigenvalue weighted by molar-refractivity contribution is 0.479. The number of pyridine rings is 1. The highest BCUT2D eigenvalue weighted by Gasteiger charge is 2.40. The SMILES string of the molecule is BrC1CC2CCC(C1)N2c1ccccn1. The second-order valence-corrected chi connectivity index (χ2v) is 5.84. The molecular formula is C12H15BrN2. The Bertz CT molecular complexity index is 327. The Morgan fingerprint density at radius 1 is 1.20 bits per heavy atom. The van der Waals surface area contributed by atoms with Crippen molar-refractivity contribution in [2.45, 2.75) is 42.6 Å². The van der Waals surface area contributed by atoms with Crippen LogP contribution in [0.1, 0.15) is 25.7 Å². The predicted octanol–water partition coefficient (Wildman–Crippen LogP) is 2.98. The fraction of sp³-hybridized carbons (Fsp3) is 0.583. The summed E-state index contributed by atoms with van der Waals surface area (Å²) < 4.78 is 0. The van der Waals surface area contributed by atoms with E-state index in [1.54, 1.807) is 0 Å². The van der Waals surface area contributed by atoms with E-state index in [2.05, 4.69) is 37.9 Å². The maximum Gasteiger partial charge on any atom is 0.128 e. The molecule has 1 aromatic heterocycles. The highest BCUT2D eigenvalue weighted by molar-refractivity contribution is 9.09. The van der Waals surface area contributed by atoms with Crippen molar-refractivity contribution in [2.75, 3.05) is 4.90 Å². The molecule has 0 radical (unpaired) electrons. The van der Waals surface area contributed by atoms with Crippen LogP contribution in [0.2, 0.25) is 0 Å². The van der Waals surface area contributed by atoms with Crippen molar-refractivity contribution in [2.24, 2.45) is 0 Å². The van der Waals surface area contributed by atoms with Crippen molar-refractivity contribution < 1.29 is 0 Å². The Labute approximate surface area is 98.8 Å². The first kappa shape index (κ1) is 9.64. The molecule has 0 amide bonds. The van der Waals surface area contributed by atoms with E-state index in [1.165, 1.54) is 31.5 Å². The molecule has 2 bridgehead atoms. The molecule has 2 nitrogen and oxygen atoms in total. The smallest absolute Gasteiger partial charge is 0.128 e. The average Bonchev–Trinajstić information content (AvgIpc) is 2.53. The lowest BCUT2D eigenvalue weighted by Gasteiger charge is -2.38. The number of hydrogen-bond donors (Lipinski definition) is 0. The molecule has 2 aliphatic heterocycles. The second-order valence-electron chi connectivity index (χ2n) is 4.55. The van der Waals surface area contributed by atoms with Gasteiger partial charge in [-0.2, -0.15) is 0 Å². The lowest BCUT2D eigenvalue weighted by atomic mass is 10.0. The van der Waals surface area contributed by atoms with Crippen LogP contribution in [0.25, 0.3) is 0 Å². The van der Waals surface area contributed by atoms with Gasteiger partial charge in [-0.3, -0.25) is 0 Å². The molecule has 1 aromatic rings. The van der Waals surface area contributed by atoms with Gasteiger partial charge in [-0.1, -0.05) is 22.0 Å². The van der Waals surface area contributed by atoms with Crippen molar-refractivity contribution in [3.8, 4) is 0 Å². The van der Waals surface area contributed by atoms with Gasteiger partial charge in [-0.05, 0) is 37.8 Å². The molecule has 2 atom stereocenters. The zero-order valence-electron chi connectivity index (χ0n) is 8.64. The molecule has 3 heteroatoms. The van der Waals surface area contributed by atoms with Crippen LogP contribution in [0.3, 0.4) is 0 Å². The molecule has 2 unspecified atom stereocenters. The molecule has 2 fully saturated rings. The minimum absolute atomic E-state index is 0.711. The van der Waals surface area contributed by atoms with Gasteiger partial charge in [-0.15, -0.1) is 0 Å². The van der Waals surface area contributed by atoms with E-state index in [1.807, 2.05) is 12.3 Å². The first-order valence-electron chi connectivity index (χ1n) is 5.68. The summed E-state index contributed by atoms with van der Waals surface area (Å²) in [6, 6.07) is 7.64. The quantitative estimate of drug-likeness (QED) is 0.727. The van der Waals surface area contributed by atoms with Gasteiger partial charge in [-0.25, -0.2) is 4.98 Å². The molecular weight excluding hydrogens is 252 g/mol. The van der Waals surface area contributed by atoms with Crippen LogP contribution in [0, 0.1) is 0 Å². The normalized spacial score (nSPS) is 34.5. The molecule has 0 aliphatic carbocycles. The molecule has 3 heterocycles. The van der Waals surface area contributed by atoms with Crippen LogP contribution in [0.15, 0.2) is 24.4 Å². The largest absolute Gasteiger partial charge is 0.351 e. The van der Waals surface area contributed by atoms with Crippen LogP contribution >= 0.6 is 15.9 Å². The molecule has 15 heavy (non-hydrogen) atoms. The molecule has 3 rings (SSSR count). The molecule has 0 saturated carbocycles. The number of halogens is 1. The minimum Gasteiger partial charge on any atom is -0.351 e. The number of fused-ring (bicyclic) bond motifs is 2. The Balaban J connectivity index is 1.89. The third-order valence-corrected chi connectivity index (χ3v) is 4.34. The van der Waals surface area contributed by atoms with Crippen molar-refractivity contribution >= 4 is 21.7 Å².